The fourth-order valence-electron chi connectivity index (χ4n) is 3.58. The molecule has 1 heterocycles. The topological polar surface area (TPSA) is 82.1 Å². The van der Waals surface area contributed by atoms with E-state index in [9.17, 15) is 14.4 Å². The Hall–Kier alpha value is -2.57. The molecule has 0 saturated carbocycles. The number of hydrogen-bond donors (Lipinski definition) is 0. The van der Waals surface area contributed by atoms with E-state index in [4.69, 9.17) is 14.2 Å². The molecule has 1 aliphatic heterocycles. The van der Waals surface area contributed by atoms with Gasteiger partial charge in [0.25, 0.3) is 5.91 Å². The van der Waals surface area contributed by atoms with Gasteiger partial charge in [0.05, 0.1) is 20.8 Å². The van der Waals surface area contributed by atoms with Crippen LogP contribution in [0.5, 0.6) is 11.5 Å². The highest BCUT2D eigenvalue weighted by Crippen LogP contribution is 2.28. The molecule has 1 unspecified atom stereocenters. The van der Waals surface area contributed by atoms with Gasteiger partial charge in [0, 0.05) is 12.0 Å². The number of hydrogen-bond acceptors (Lipinski definition) is 6. The number of carbonyl (C=O) groups is 3. The number of methoxy groups -OCH3 is 2. The minimum Gasteiger partial charge on any atom is -0.493 e. The molecule has 7 nitrogen and oxygen atoms in total. The van der Waals surface area contributed by atoms with Crippen molar-refractivity contribution >= 4 is 17.7 Å². The van der Waals surface area contributed by atoms with Crippen LogP contribution in [-0.4, -0.2) is 56.0 Å². The standard InChI is InChI=1S/C24H35NO6/c1-6-24(2,3)21(26)22(27)25-14-8-7-11-18(25)23(28)31-15-9-10-17-12-13-19(29-4)20(16-17)30-5/h12-13,16,18H,6-11,14-15H2,1-5H3. The van der Waals surface area contributed by atoms with Crippen molar-refractivity contribution in [2.24, 2.45) is 5.41 Å². The zero-order chi connectivity index (χ0) is 23.0. The van der Waals surface area contributed by atoms with Crippen LogP contribution in [0.3, 0.4) is 0 Å². The summed E-state index contributed by atoms with van der Waals surface area (Å²) >= 11 is 0. The van der Waals surface area contributed by atoms with Crippen molar-refractivity contribution in [2.75, 3.05) is 27.4 Å². The number of carbonyl (C=O) groups excluding carboxylic acids is 3. The van der Waals surface area contributed by atoms with Gasteiger partial charge in [-0.3, -0.25) is 9.59 Å². The Morgan fingerprint density at radius 2 is 1.81 bits per heavy atom. The number of Topliss-reactive ketones (excluding diaryl/α,β-unsaturated/α-hetero) is 1. The summed E-state index contributed by atoms with van der Waals surface area (Å²) in [4.78, 5) is 39.5. The molecule has 1 amide bonds. The molecule has 0 spiro atoms. The molecule has 1 atom stereocenters. The molecule has 0 radical (unpaired) electrons. The van der Waals surface area contributed by atoms with Crippen LogP contribution >= 0.6 is 0 Å². The Morgan fingerprint density at radius 3 is 2.45 bits per heavy atom. The van der Waals surface area contributed by atoms with Crippen molar-refractivity contribution in [3.05, 3.63) is 23.8 Å². The summed E-state index contributed by atoms with van der Waals surface area (Å²) in [5.41, 5.74) is 0.318. The van der Waals surface area contributed by atoms with E-state index in [1.807, 2.05) is 25.1 Å². The molecule has 0 aliphatic carbocycles. The summed E-state index contributed by atoms with van der Waals surface area (Å²) in [5.74, 6) is -0.113. The summed E-state index contributed by atoms with van der Waals surface area (Å²) in [6.45, 7) is 6.07. The van der Waals surface area contributed by atoms with Gasteiger partial charge >= 0.3 is 5.97 Å². The molecular formula is C24H35NO6. The molecular weight excluding hydrogens is 398 g/mol. The Bertz CT molecular complexity index is 788. The monoisotopic (exact) mass is 433 g/mol. The third kappa shape index (κ3) is 6.21. The van der Waals surface area contributed by atoms with Crippen LogP contribution in [0.1, 0.15) is 58.4 Å². The van der Waals surface area contributed by atoms with Gasteiger partial charge in [0.1, 0.15) is 6.04 Å². The van der Waals surface area contributed by atoms with Crippen LogP contribution < -0.4 is 9.47 Å². The van der Waals surface area contributed by atoms with Crippen LogP contribution in [0.4, 0.5) is 0 Å². The van der Waals surface area contributed by atoms with Gasteiger partial charge in [-0.15, -0.1) is 0 Å². The molecule has 172 valence electrons. The smallest absolute Gasteiger partial charge is 0.328 e. The summed E-state index contributed by atoms with van der Waals surface area (Å²) < 4.78 is 16.0. The number of amides is 1. The van der Waals surface area contributed by atoms with E-state index in [1.165, 1.54) is 4.90 Å². The van der Waals surface area contributed by atoms with Crippen molar-refractivity contribution in [3.63, 3.8) is 0 Å². The molecule has 1 aromatic rings. The van der Waals surface area contributed by atoms with Crippen LogP contribution in [0.2, 0.25) is 0 Å². The lowest BCUT2D eigenvalue weighted by molar-refractivity contribution is -0.161. The number of benzene rings is 1. The molecule has 0 N–H and O–H groups in total. The van der Waals surface area contributed by atoms with E-state index in [2.05, 4.69) is 0 Å². The number of ether oxygens (including phenoxy) is 3. The van der Waals surface area contributed by atoms with Crippen LogP contribution in [0.15, 0.2) is 18.2 Å². The van der Waals surface area contributed by atoms with Crippen molar-refractivity contribution < 1.29 is 28.6 Å². The fourth-order valence-corrected chi connectivity index (χ4v) is 3.58. The second kappa shape index (κ2) is 11.2. The average Bonchev–Trinajstić information content (AvgIpc) is 2.80. The second-order valence-electron chi connectivity index (χ2n) is 8.54. The van der Waals surface area contributed by atoms with Gasteiger partial charge in [0.15, 0.2) is 11.5 Å². The summed E-state index contributed by atoms with van der Waals surface area (Å²) in [6, 6.07) is 5.02. The van der Waals surface area contributed by atoms with Gasteiger partial charge in [0.2, 0.25) is 5.78 Å². The zero-order valence-electron chi connectivity index (χ0n) is 19.4. The van der Waals surface area contributed by atoms with Crippen LogP contribution in [0, 0.1) is 5.41 Å². The van der Waals surface area contributed by atoms with E-state index in [1.54, 1.807) is 28.1 Å². The number of aryl methyl sites for hydroxylation is 1. The molecule has 1 fully saturated rings. The molecule has 1 saturated heterocycles. The predicted octanol–water partition coefficient (Wildman–Crippen LogP) is 3.57. The van der Waals surface area contributed by atoms with Gasteiger partial charge in [-0.05, 0) is 56.2 Å². The molecule has 31 heavy (non-hydrogen) atoms. The van der Waals surface area contributed by atoms with Crippen molar-refractivity contribution in [2.45, 2.75) is 65.3 Å². The first kappa shape index (κ1) is 24.7. The minimum atomic E-state index is -0.734. The third-order valence-electron chi connectivity index (χ3n) is 6.03. The number of rotatable bonds is 10. The van der Waals surface area contributed by atoms with Gasteiger partial charge in [-0.25, -0.2) is 4.79 Å². The number of nitrogens with zero attached hydrogens (tertiary/aromatic N) is 1. The lowest BCUT2D eigenvalue weighted by Gasteiger charge is -2.35. The largest absolute Gasteiger partial charge is 0.493 e. The van der Waals surface area contributed by atoms with Crippen molar-refractivity contribution in [1.29, 1.82) is 0 Å². The predicted molar refractivity (Wildman–Crippen MR) is 117 cm³/mol. The minimum absolute atomic E-state index is 0.250. The first-order valence-corrected chi connectivity index (χ1v) is 11.0. The Kier molecular flexibility index (Phi) is 8.89. The number of ketones is 1. The van der Waals surface area contributed by atoms with Gasteiger partial charge < -0.3 is 19.1 Å². The number of esters is 1. The highest BCUT2D eigenvalue weighted by molar-refractivity contribution is 6.38. The van der Waals surface area contributed by atoms with Gasteiger partial charge in [-0.1, -0.05) is 26.8 Å². The maximum atomic E-state index is 12.8. The van der Waals surface area contributed by atoms with E-state index in [0.29, 0.717) is 43.7 Å². The first-order chi connectivity index (χ1) is 14.7. The number of likely N-dealkylation sites (tertiary alicyclic amines) is 1. The highest BCUT2D eigenvalue weighted by atomic mass is 16.5. The Labute approximate surface area is 185 Å². The molecule has 7 heteroatoms. The Morgan fingerprint density at radius 1 is 1.10 bits per heavy atom. The second-order valence-corrected chi connectivity index (χ2v) is 8.54. The van der Waals surface area contributed by atoms with E-state index < -0.39 is 29.1 Å². The SMILES string of the molecule is CCC(C)(C)C(=O)C(=O)N1CCCCC1C(=O)OCCCc1ccc(OC)c(OC)c1. The number of piperidine rings is 1. The fraction of sp³-hybridized carbons (Fsp3) is 0.625. The molecule has 1 aliphatic rings. The molecule has 1 aromatic carbocycles. The molecule has 0 aromatic heterocycles. The van der Waals surface area contributed by atoms with Crippen LogP contribution in [-0.2, 0) is 25.5 Å². The first-order valence-electron chi connectivity index (χ1n) is 11.0. The molecule has 0 bridgehead atoms. The summed E-state index contributed by atoms with van der Waals surface area (Å²) in [6.07, 6.45) is 4.07. The van der Waals surface area contributed by atoms with E-state index >= 15 is 0 Å². The summed E-state index contributed by atoms with van der Waals surface area (Å²) in [5, 5.41) is 0. The average molecular weight is 434 g/mol. The van der Waals surface area contributed by atoms with Crippen molar-refractivity contribution in [1.82, 2.24) is 4.90 Å². The molecule has 2 rings (SSSR count). The Balaban J connectivity index is 1.91. The lowest BCUT2D eigenvalue weighted by Crippen LogP contribution is -2.53. The maximum absolute atomic E-state index is 12.8. The summed E-state index contributed by atoms with van der Waals surface area (Å²) in [7, 11) is 3.18. The van der Waals surface area contributed by atoms with Crippen molar-refractivity contribution in [3.8, 4) is 11.5 Å². The quantitative estimate of drug-likeness (QED) is 0.319. The highest BCUT2D eigenvalue weighted by Gasteiger charge is 2.40. The third-order valence-corrected chi connectivity index (χ3v) is 6.03. The van der Waals surface area contributed by atoms with E-state index in [-0.39, 0.29) is 6.61 Å². The van der Waals surface area contributed by atoms with Crippen LogP contribution in [0.25, 0.3) is 0 Å². The maximum Gasteiger partial charge on any atom is 0.328 e. The van der Waals surface area contributed by atoms with E-state index in [0.717, 1.165) is 18.4 Å². The van der Waals surface area contributed by atoms with Gasteiger partial charge in [-0.2, -0.15) is 0 Å². The lowest BCUT2D eigenvalue weighted by atomic mass is 9.84. The zero-order valence-corrected chi connectivity index (χ0v) is 19.4. The normalized spacial score (nSPS) is 16.5.